The molecule has 1 aliphatic heterocycles. The third-order valence-corrected chi connectivity index (χ3v) is 6.34. The van der Waals surface area contributed by atoms with Crippen LogP contribution in [0.3, 0.4) is 0 Å². The van der Waals surface area contributed by atoms with Crippen molar-refractivity contribution in [3.63, 3.8) is 0 Å². The van der Waals surface area contributed by atoms with Gasteiger partial charge in [0, 0.05) is 36.6 Å². The number of ether oxygens (including phenoxy) is 2. The zero-order valence-electron chi connectivity index (χ0n) is 18.9. The number of anilines is 1. The number of aromatic nitrogens is 3. The highest BCUT2D eigenvalue weighted by molar-refractivity contribution is 5.93. The van der Waals surface area contributed by atoms with Crippen LogP contribution in [0.5, 0.6) is 11.8 Å². The highest BCUT2D eigenvalue weighted by atomic mass is 19.1. The SMILES string of the molecule is COc1ccc2c(F)ccc(CNC3CCC(NCc4cnc5c(n4)NC(=O)CO5)CC3)c2n1. The maximum Gasteiger partial charge on any atom is 0.263 e. The highest BCUT2D eigenvalue weighted by Gasteiger charge is 2.22. The monoisotopic (exact) mass is 466 g/mol. The van der Waals surface area contributed by atoms with Crippen molar-refractivity contribution in [3.8, 4) is 11.8 Å². The van der Waals surface area contributed by atoms with E-state index < -0.39 is 0 Å². The van der Waals surface area contributed by atoms with E-state index in [9.17, 15) is 9.18 Å². The standard InChI is InChI=1S/C24H27FN6O3/c1-33-21-9-7-18-19(25)8-2-14(22(18)31-21)10-26-15-3-5-16(6-4-15)27-11-17-12-28-24-23(29-17)30-20(32)13-34-24/h2,7-9,12,15-16,26-27H,3-6,10-11,13H2,1H3,(H,29,30,32). The molecule has 9 nitrogen and oxygen atoms in total. The van der Waals surface area contributed by atoms with Crippen LogP contribution in [-0.4, -0.2) is 46.7 Å². The van der Waals surface area contributed by atoms with Crippen molar-refractivity contribution in [3.05, 3.63) is 47.5 Å². The van der Waals surface area contributed by atoms with Gasteiger partial charge in [0.25, 0.3) is 11.8 Å². The van der Waals surface area contributed by atoms with E-state index in [0.717, 1.165) is 36.9 Å². The van der Waals surface area contributed by atoms with Gasteiger partial charge in [-0.2, -0.15) is 0 Å². The van der Waals surface area contributed by atoms with Crippen molar-refractivity contribution >= 4 is 22.6 Å². The Kier molecular flexibility index (Phi) is 6.50. The molecule has 1 saturated carbocycles. The first-order chi connectivity index (χ1) is 16.6. The number of halogens is 1. The van der Waals surface area contributed by atoms with Crippen molar-refractivity contribution in [2.45, 2.75) is 50.9 Å². The fraction of sp³-hybridized carbons (Fsp3) is 0.417. The Labute approximate surface area is 196 Å². The number of pyridine rings is 1. The third kappa shape index (κ3) is 4.92. The summed E-state index contributed by atoms with van der Waals surface area (Å²) in [4.78, 5) is 24.6. The molecule has 3 N–H and O–H groups in total. The van der Waals surface area contributed by atoms with Crippen LogP contribution in [0.4, 0.5) is 10.2 Å². The Bertz CT molecular complexity index is 1200. The molecule has 3 heterocycles. The number of amides is 1. The average molecular weight is 467 g/mol. The van der Waals surface area contributed by atoms with Gasteiger partial charge >= 0.3 is 0 Å². The summed E-state index contributed by atoms with van der Waals surface area (Å²) in [6.45, 7) is 1.17. The normalized spacial score (nSPS) is 19.9. The van der Waals surface area contributed by atoms with Crippen molar-refractivity contribution in [2.75, 3.05) is 19.0 Å². The topological polar surface area (TPSA) is 110 Å². The van der Waals surface area contributed by atoms with E-state index in [1.54, 1.807) is 31.5 Å². The second-order valence-corrected chi connectivity index (χ2v) is 8.62. The van der Waals surface area contributed by atoms with E-state index >= 15 is 0 Å². The van der Waals surface area contributed by atoms with Crippen LogP contribution in [0.25, 0.3) is 10.9 Å². The summed E-state index contributed by atoms with van der Waals surface area (Å²) in [6, 6.07) is 7.45. The summed E-state index contributed by atoms with van der Waals surface area (Å²) in [5.41, 5.74) is 2.35. The molecule has 1 aliphatic carbocycles. The molecule has 3 aromatic rings. The van der Waals surface area contributed by atoms with Crippen LogP contribution >= 0.6 is 0 Å². The van der Waals surface area contributed by atoms with Gasteiger partial charge in [-0.05, 0) is 43.4 Å². The molecule has 1 amide bonds. The van der Waals surface area contributed by atoms with Crippen molar-refractivity contribution in [1.82, 2.24) is 25.6 Å². The molecule has 2 aromatic heterocycles. The number of carbonyl (C=O) groups excluding carboxylic acids is 1. The second kappa shape index (κ2) is 9.86. The van der Waals surface area contributed by atoms with Crippen LogP contribution in [0, 0.1) is 5.82 Å². The lowest BCUT2D eigenvalue weighted by molar-refractivity contribution is -0.118. The van der Waals surface area contributed by atoms with Gasteiger partial charge in [-0.3, -0.25) is 4.79 Å². The molecule has 0 radical (unpaired) electrons. The Morgan fingerprint density at radius 2 is 1.85 bits per heavy atom. The predicted octanol–water partition coefficient (Wildman–Crippen LogP) is 2.69. The quantitative estimate of drug-likeness (QED) is 0.488. The first-order valence-electron chi connectivity index (χ1n) is 11.5. The fourth-order valence-corrected chi connectivity index (χ4v) is 4.47. The molecular weight excluding hydrogens is 439 g/mol. The molecule has 34 heavy (non-hydrogen) atoms. The van der Waals surface area contributed by atoms with Gasteiger partial charge in [0.05, 0.1) is 24.5 Å². The van der Waals surface area contributed by atoms with Gasteiger partial charge in [0.2, 0.25) is 5.88 Å². The predicted molar refractivity (Wildman–Crippen MR) is 124 cm³/mol. The van der Waals surface area contributed by atoms with E-state index in [1.807, 2.05) is 0 Å². The highest BCUT2D eigenvalue weighted by Crippen LogP contribution is 2.25. The summed E-state index contributed by atoms with van der Waals surface area (Å²) in [5.74, 6) is 0.714. The van der Waals surface area contributed by atoms with E-state index in [4.69, 9.17) is 9.47 Å². The van der Waals surface area contributed by atoms with Crippen molar-refractivity contribution in [2.24, 2.45) is 0 Å². The van der Waals surface area contributed by atoms with Gasteiger partial charge in [0.1, 0.15) is 5.82 Å². The number of nitrogens with zero attached hydrogens (tertiary/aromatic N) is 3. The van der Waals surface area contributed by atoms with E-state index in [1.165, 1.54) is 6.07 Å². The Balaban J connectivity index is 1.12. The Morgan fingerprint density at radius 1 is 1.09 bits per heavy atom. The molecular formula is C24H27FN6O3. The number of nitrogens with one attached hydrogen (secondary N) is 3. The largest absolute Gasteiger partial charge is 0.481 e. The molecule has 2 aliphatic rings. The van der Waals surface area contributed by atoms with Crippen LogP contribution in [-0.2, 0) is 17.9 Å². The molecule has 0 unspecified atom stereocenters. The summed E-state index contributed by atoms with van der Waals surface area (Å²) in [5, 5.41) is 10.3. The maximum atomic E-state index is 14.2. The van der Waals surface area contributed by atoms with Crippen LogP contribution in [0.15, 0.2) is 30.5 Å². The molecule has 5 rings (SSSR count). The molecule has 10 heteroatoms. The van der Waals surface area contributed by atoms with E-state index in [2.05, 4.69) is 30.9 Å². The average Bonchev–Trinajstić information content (AvgIpc) is 2.87. The van der Waals surface area contributed by atoms with Gasteiger partial charge in [-0.1, -0.05) is 6.07 Å². The summed E-state index contributed by atoms with van der Waals surface area (Å²) in [6.07, 6.45) is 5.81. The van der Waals surface area contributed by atoms with E-state index in [0.29, 0.717) is 53.7 Å². The molecule has 0 atom stereocenters. The Hall–Kier alpha value is -3.37. The minimum absolute atomic E-state index is 0.0291. The number of rotatable bonds is 7. The minimum Gasteiger partial charge on any atom is -0.481 e. The van der Waals surface area contributed by atoms with Gasteiger partial charge in [-0.25, -0.2) is 19.3 Å². The fourth-order valence-electron chi connectivity index (χ4n) is 4.47. The molecule has 0 saturated heterocycles. The number of methoxy groups -OCH3 is 1. The number of hydrogen-bond donors (Lipinski definition) is 3. The minimum atomic E-state index is -0.279. The number of fused-ring (bicyclic) bond motifs is 2. The van der Waals surface area contributed by atoms with Crippen LogP contribution < -0.4 is 25.4 Å². The zero-order chi connectivity index (χ0) is 23.5. The zero-order valence-corrected chi connectivity index (χ0v) is 18.9. The molecule has 1 aromatic carbocycles. The molecule has 1 fully saturated rings. The maximum absolute atomic E-state index is 14.2. The van der Waals surface area contributed by atoms with Crippen LogP contribution in [0.2, 0.25) is 0 Å². The van der Waals surface area contributed by atoms with Crippen molar-refractivity contribution in [1.29, 1.82) is 0 Å². The number of benzene rings is 1. The number of hydrogen-bond acceptors (Lipinski definition) is 8. The van der Waals surface area contributed by atoms with Gasteiger partial charge in [0.15, 0.2) is 12.4 Å². The summed E-state index contributed by atoms with van der Waals surface area (Å²) >= 11 is 0. The second-order valence-electron chi connectivity index (χ2n) is 8.62. The lowest BCUT2D eigenvalue weighted by Gasteiger charge is -2.30. The van der Waals surface area contributed by atoms with Gasteiger partial charge < -0.3 is 25.4 Å². The third-order valence-electron chi connectivity index (χ3n) is 6.34. The van der Waals surface area contributed by atoms with Crippen LogP contribution in [0.1, 0.15) is 36.9 Å². The number of carbonyl (C=O) groups is 1. The molecule has 178 valence electrons. The molecule has 0 spiro atoms. The Morgan fingerprint density at radius 3 is 2.62 bits per heavy atom. The lowest BCUT2D eigenvalue weighted by atomic mass is 9.91. The lowest BCUT2D eigenvalue weighted by Crippen LogP contribution is -2.39. The summed E-state index contributed by atoms with van der Waals surface area (Å²) < 4.78 is 24.7. The first kappa shape index (κ1) is 22.4. The van der Waals surface area contributed by atoms with Crippen molar-refractivity contribution < 1.29 is 18.7 Å². The first-order valence-corrected chi connectivity index (χ1v) is 11.5. The smallest absolute Gasteiger partial charge is 0.263 e. The molecule has 0 bridgehead atoms. The van der Waals surface area contributed by atoms with Gasteiger partial charge in [-0.15, -0.1) is 0 Å². The summed E-state index contributed by atoms with van der Waals surface area (Å²) in [7, 11) is 1.56. The van der Waals surface area contributed by atoms with E-state index in [-0.39, 0.29) is 18.3 Å².